The maximum Gasteiger partial charge on any atom is 0.202 e. The molecule has 0 saturated heterocycles. The van der Waals surface area contributed by atoms with Crippen LogP contribution >= 0.6 is 0 Å². The number of fused-ring (bicyclic) bond motifs is 1. The monoisotopic (exact) mass is 397 g/mol. The zero-order valence-corrected chi connectivity index (χ0v) is 19.1. The van der Waals surface area contributed by atoms with Gasteiger partial charge in [-0.3, -0.25) is 9.59 Å². The highest BCUT2D eigenvalue weighted by Crippen LogP contribution is 2.63. The molecule has 3 aliphatic rings. The van der Waals surface area contributed by atoms with Crippen LogP contribution in [0.3, 0.4) is 0 Å². The van der Waals surface area contributed by atoms with Crippen LogP contribution in [0.5, 0.6) is 0 Å². The fourth-order valence-electron chi connectivity index (χ4n) is 5.98. The van der Waals surface area contributed by atoms with Gasteiger partial charge in [0, 0.05) is 18.2 Å². The number of carbonyl (C=O) groups is 2. The molecule has 3 heteroatoms. The van der Waals surface area contributed by atoms with Crippen molar-refractivity contribution in [2.75, 3.05) is 6.54 Å². The number of nitrogens with one attached hydrogen (secondary N) is 1. The lowest BCUT2D eigenvalue weighted by molar-refractivity contribution is -0.116. The number of carbonyl (C=O) groups excluding carboxylic acids is 2. The van der Waals surface area contributed by atoms with E-state index in [1.807, 2.05) is 0 Å². The van der Waals surface area contributed by atoms with E-state index in [-0.39, 0.29) is 22.4 Å². The highest BCUT2D eigenvalue weighted by atomic mass is 16.1. The minimum absolute atomic E-state index is 0.00610. The van der Waals surface area contributed by atoms with Crippen molar-refractivity contribution < 1.29 is 9.59 Å². The Morgan fingerprint density at radius 3 is 2.62 bits per heavy atom. The third kappa shape index (κ3) is 4.02. The average molecular weight is 398 g/mol. The summed E-state index contributed by atoms with van der Waals surface area (Å²) < 4.78 is 0. The maximum atomic E-state index is 12.9. The molecule has 5 atom stereocenters. The molecule has 160 valence electrons. The molecule has 1 N–H and O–H groups in total. The van der Waals surface area contributed by atoms with E-state index in [4.69, 9.17) is 0 Å². The molecule has 2 saturated carbocycles. The fraction of sp³-hybridized carbons (Fsp3) is 0.692. The Labute approximate surface area is 177 Å². The number of hydrogen-bond acceptors (Lipinski definition) is 3. The number of rotatable bonds is 6. The van der Waals surface area contributed by atoms with Crippen LogP contribution in [-0.2, 0) is 9.59 Å². The number of hydrogen-bond donors (Lipinski definition) is 1. The Hall–Kier alpha value is -1.64. The Morgan fingerprint density at radius 1 is 1.21 bits per heavy atom. The van der Waals surface area contributed by atoms with Crippen LogP contribution in [0.2, 0.25) is 0 Å². The smallest absolute Gasteiger partial charge is 0.202 e. The van der Waals surface area contributed by atoms with Gasteiger partial charge in [0.25, 0.3) is 0 Å². The lowest BCUT2D eigenvalue weighted by Crippen LogP contribution is -2.50. The second kappa shape index (κ2) is 8.24. The standard InChI is InChI=1S/C26H39NO2/c1-7-17(2)16-27-21-14-22(28)20(13-23(21)29)15-26(6)19(4)11-12-25(5)18(3)9-8-10-24(25)26/h13-14,17,19,24,27H,3,7-12,15-16H2,1-2,4-6H3/t17-,19-,24+,25+,26+/m0/s1. The van der Waals surface area contributed by atoms with Crippen molar-refractivity contribution in [2.45, 2.75) is 79.6 Å². The Kier molecular flexibility index (Phi) is 6.27. The van der Waals surface area contributed by atoms with E-state index < -0.39 is 0 Å². The Morgan fingerprint density at radius 2 is 1.93 bits per heavy atom. The molecule has 0 aromatic heterocycles. The molecule has 0 amide bonds. The predicted octanol–water partition coefficient (Wildman–Crippen LogP) is 5.77. The van der Waals surface area contributed by atoms with Crippen LogP contribution < -0.4 is 5.32 Å². The average Bonchev–Trinajstić information content (AvgIpc) is 2.68. The fourth-order valence-corrected chi connectivity index (χ4v) is 5.98. The second-order valence-corrected chi connectivity index (χ2v) is 10.4. The maximum absolute atomic E-state index is 12.9. The zero-order chi connectivity index (χ0) is 21.4. The van der Waals surface area contributed by atoms with Gasteiger partial charge in [0.1, 0.15) is 0 Å². The van der Waals surface area contributed by atoms with Crippen molar-refractivity contribution in [3.05, 3.63) is 35.6 Å². The van der Waals surface area contributed by atoms with E-state index >= 15 is 0 Å². The van der Waals surface area contributed by atoms with Crippen LogP contribution in [0.1, 0.15) is 79.6 Å². The van der Waals surface area contributed by atoms with E-state index in [1.54, 1.807) is 6.08 Å². The first-order chi connectivity index (χ1) is 13.6. The van der Waals surface area contributed by atoms with Crippen molar-refractivity contribution in [1.29, 1.82) is 0 Å². The Bertz CT molecular complexity index is 761. The van der Waals surface area contributed by atoms with Gasteiger partial charge >= 0.3 is 0 Å². The zero-order valence-electron chi connectivity index (χ0n) is 19.1. The lowest BCUT2D eigenvalue weighted by atomic mass is 9.46. The summed E-state index contributed by atoms with van der Waals surface area (Å²) in [5.74, 6) is 1.49. The van der Waals surface area contributed by atoms with Crippen LogP contribution in [-0.4, -0.2) is 18.1 Å². The van der Waals surface area contributed by atoms with Crippen molar-refractivity contribution in [3.63, 3.8) is 0 Å². The molecule has 0 heterocycles. The van der Waals surface area contributed by atoms with Crippen LogP contribution in [0.15, 0.2) is 35.6 Å². The molecular weight excluding hydrogens is 358 g/mol. The van der Waals surface area contributed by atoms with Gasteiger partial charge in [-0.25, -0.2) is 0 Å². The van der Waals surface area contributed by atoms with Gasteiger partial charge in [0.15, 0.2) is 5.78 Å². The summed E-state index contributed by atoms with van der Waals surface area (Å²) in [5, 5.41) is 3.19. The third-order valence-electron chi connectivity index (χ3n) is 8.64. The van der Waals surface area contributed by atoms with Gasteiger partial charge in [-0.1, -0.05) is 53.2 Å². The molecule has 0 aromatic rings. The molecule has 0 aliphatic heterocycles. The first-order valence-electron chi connectivity index (χ1n) is 11.5. The van der Waals surface area contributed by atoms with Gasteiger partial charge in [-0.05, 0) is 73.2 Å². The summed E-state index contributed by atoms with van der Waals surface area (Å²) in [7, 11) is 0. The van der Waals surface area contributed by atoms with Gasteiger partial charge in [0.2, 0.25) is 5.78 Å². The van der Waals surface area contributed by atoms with Crippen molar-refractivity contribution in [2.24, 2.45) is 28.6 Å². The SMILES string of the molecule is C=C1CCC[C@H]2[C@](C)(CC3=CC(=O)C(NC[C@@H](C)CC)=CC3=O)[C@@H](C)CC[C@]12C. The summed E-state index contributed by atoms with van der Waals surface area (Å²) in [6.45, 7) is 16.5. The van der Waals surface area contributed by atoms with Crippen LogP contribution in [0, 0.1) is 28.6 Å². The largest absolute Gasteiger partial charge is 0.382 e. The molecule has 0 spiro atoms. The minimum atomic E-state index is -0.0502. The minimum Gasteiger partial charge on any atom is -0.382 e. The molecule has 0 bridgehead atoms. The van der Waals surface area contributed by atoms with E-state index in [2.05, 4.69) is 46.5 Å². The quantitative estimate of drug-likeness (QED) is 0.457. The van der Waals surface area contributed by atoms with Gasteiger partial charge in [-0.2, -0.15) is 0 Å². The summed E-state index contributed by atoms with van der Waals surface area (Å²) in [6.07, 6.45) is 10.8. The molecule has 3 nitrogen and oxygen atoms in total. The Balaban J connectivity index is 1.80. The molecule has 29 heavy (non-hydrogen) atoms. The van der Waals surface area contributed by atoms with Crippen LogP contribution in [0.4, 0.5) is 0 Å². The normalized spacial score (nSPS) is 36.2. The van der Waals surface area contributed by atoms with E-state index in [0.717, 1.165) is 25.8 Å². The van der Waals surface area contributed by atoms with E-state index in [1.165, 1.54) is 30.9 Å². The van der Waals surface area contributed by atoms with Gasteiger partial charge in [-0.15, -0.1) is 0 Å². The third-order valence-corrected chi connectivity index (χ3v) is 8.64. The molecule has 0 radical (unpaired) electrons. The van der Waals surface area contributed by atoms with Crippen LogP contribution in [0.25, 0.3) is 0 Å². The van der Waals surface area contributed by atoms with Crippen molar-refractivity contribution in [3.8, 4) is 0 Å². The summed E-state index contributed by atoms with van der Waals surface area (Å²) in [5.41, 5.74) is 2.73. The molecule has 0 unspecified atom stereocenters. The van der Waals surface area contributed by atoms with Crippen molar-refractivity contribution in [1.82, 2.24) is 5.32 Å². The molecular formula is C26H39NO2. The number of ketones is 2. The summed E-state index contributed by atoms with van der Waals surface area (Å²) >= 11 is 0. The summed E-state index contributed by atoms with van der Waals surface area (Å²) in [6, 6.07) is 0. The highest BCUT2D eigenvalue weighted by molar-refractivity contribution is 6.19. The molecule has 3 aliphatic carbocycles. The highest BCUT2D eigenvalue weighted by Gasteiger charge is 2.54. The summed E-state index contributed by atoms with van der Waals surface area (Å²) in [4.78, 5) is 25.6. The van der Waals surface area contributed by atoms with E-state index in [9.17, 15) is 9.59 Å². The molecule has 0 aromatic carbocycles. The predicted molar refractivity (Wildman–Crippen MR) is 119 cm³/mol. The first kappa shape index (κ1) is 22.1. The second-order valence-electron chi connectivity index (χ2n) is 10.4. The topological polar surface area (TPSA) is 46.2 Å². The lowest BCUT2D eigenvalue weighted by Gasteiger charge is -2.59. The van der Waals surface area contributed by atoms with Gasteiger partial charge in [0.05, 0.1) is 5.70 Å². The number of allylic oxidation sites excluding steroid dienone is 4. The molecule has 3 rings (SSSR count). The molecule has 2 fully saturated rings. The van der Waals surface area contributed by atoms with Crippen molar-refractivity contribution >= 4 is 11.6 Å². The van der Waals surface area contributed by atoms with Gasteiger partial charge < -0.3 is 5.32 Å². The first-order valence-corrected chi connectivity index (χ1v) is 11.5. The van der Waals surface area contributed by atoms with E-state index in [0.29, 0.717) is 35.4 Å².